The normalized spacial score (nSPS) is 11.1. The fourth-order valence-electron chi connectivity index (χ4n) is 2.51. The SMILES string of the molecule is Cc1ccc(NC(=O)COc2ccc(S(=O)(=O)c3ccccc3)cc2)c(Br)c1. The lowest BCUT2D eigenvalue weighted by Gasteiger charge is -2.10. The second kappa shape index (κ2) is 8.58. The highest BCUT2D eigenvalue weighted by atomic mass is 79.9. The van der Waals surface area contributed by atoms with E-state index in [0.29, 0.717) is 11.4 Å². The molecule has 5 nitrogen and oxygen atoms in total. The van der Waals surface area contributed by atoms with E-state index < -0.39 is 9.84 Å². The van der Waals surface area contributed by atoms with Crippen molar-refractivity contribution in [1.29, 1.82) is 0 Å². The van der Waals surface area contributed by atoms with Crippen molar-refractivity contribution in [2.45, 2.75) is 16.7 Å². The smallest absolute Gasteiger partial charge is 0.262 e. The van der Waals surface area contributed by atoms with Crippen molar-refractivity contribution in [3.05, 3.63) is 82.8 Å². The van der Waals surface area contributed by atoms with Crippen LogP contribution < -0.4 is 10.1 Å². The first-order valence-electron chi connectivity index (χ1n) is 8.45. The number of anilines is 1. The molecule has 3 rings (SSSR count). The van der Waals surface area contributed by atoms with E-state index in [1.54, 1.807) is 36.4 Å². The van der Waals surface area contributed by atoms with Crippen molar-refractivity contribution in [3.63, 3.8) is 0 Å². The fourth-order valence-corrected chi connectivity index (χ4v) is 4.38. The van der Waals surface area contributed by atoms with Gasteiger partial charge in [-0.2, -0.15) is 0 Å². The van der Waals surface area contributed by atoms with E-state index in [4.69, 9.17) is 4.74 Å². The molecule has 7 heteroatoms. The van der Waals surface area contributed by atoms with Crippen LogP contribution in [0, 0.1) is 6.92 Å². The minimum atomic E-state index is -3.58. The Morgan fingerprint density at radius 2 is 1.61 bits per heavy atom. The van der Waals surface area contributed by atoms with Crippen molar-refractivity contribution in [3.8, 4) is 5.75 Å². The van der Waals surface area contributed by atoms with Gasteiger partial charge in [0.2, 0.25) is 9.84 Å². The first-order chi connectivity index (χ1) is 13.4. The van der Waals surface area contributed by atoms with E-state index in [9.17, 15) is 13.2 Å². The van der Waals surface area contributed by atoms with Gasteiger partial charge >= 0.3 is 0 Å². The van der Waals surface area contributed by atoms with E-state index >= 15 is 0 Å². The summed E-state index contributed by atoms with van der Waals surface area (Å²) in [7, 11) is -3.58. The summed E-state index contributed by atoms with van der Waals surface area (Å²) >= 11 is 3.40. The largest absolute Gasteiger partial charge is 0.484 e. The number of ether oxygens (including phenoxy) is 1. The number of aryl methyl sites for hydroxylation is 1. The van der Waals surface area contributed by atoms with Gasteiger partial charge in [0.25, 0.3) is 5.91 Å². The maximum atomic E-state index is 12.6. The summed E-state index contributed by atoms with van der Waals surface area (Å²) in [5.74, 6) is 0.0932. The van der Waals surface area contributed by atoms with Crippen LogP contribution in [0.2, 0.25) is 0 Å². The Bertz CT molecular complexity index is 1080. The van der Waals surface area contributed by atoms with E-state index in [1.807, 2.05) is 19.1 Å². The van der Waals surface area contributed by atoms with E-state index in [0.717, 1.165) is 10.0 Å². The van der Waals surface area contributed by atoms with Gasteiger partial charge in [0.05, 0.1) is 15.5 Å². The molecule has 28 heavy (non-hydrogen) atoms. The molecule has 0 bridgehead atoms. The Hall–Kier alpha value is -2.64. The number of hydrogen-bond donors (Lipinski definition) is 1. The molecular formula is C21H18BrNO4S. The monoisotopic (exact) mass is 459 g/mol. The number of carbonyl (C=O) groups excluding carboxylic acids is 1. The molecule has 0 fully saturated rings. The molecular weight excluding hydrogens is 442 g/mol. The van der Waals surface area contributed by atoms with Crippen molar-refractivity contribution < 1.29 is 17.9 Å². The van der Waals surface area contributed by atoms with Gasteiger partial charge in [0.1, 0.15) is 5.75 Å². The number of amides is 1. The second-order valence-corrected chi connectivity index (χ2v) is 8.91. The number of nitrogens with one attached hydrogen (secondary N) is 1. The summed E-state index contributed by atoms with van der Waals surface area (Å²) in [5, 5.41) is 2.76. The summed E-state index contributed by atoms with van der Waals surface area (Å²) < 4.78 is 31.4. The maximum Gasteiger partial charge on any atom is 0.262 e. The van der Waals surface area contributed by atoms with Crippen LogP contribution in [0.5, 0.6) is 5.75 Å². The molecule has 1 amide bonds. The van der Waals surface area contributed by atoms with Crippen LogP contribution in [0.1, 0.15) is 5.56 Å². The Morgan fingerprint density at radius 1 is 0.964 bits per heavy atom. The van der Waals surface area contributed by atoms with Crippen LogP contribution in [0.25, 0.3) is 0 Å². The first kappa shape index (κ1) is 20.1. The zero-order chi connectivity index (χ0) is 20.1. The molecule has 3 aromatic rings. The van der Waals surface area contributed by atoms with Crippen LogP contribution in [0.4, 0.5) is 5.69 Å². The Labute approximate surface area is 172 Å². The summed E-state index contributed by atoms with van der Waals surface area (Å²) in [6.07, 6.45) is 0. The van der Waals surface area contributed by atoms with E-state index in [1.165, 1.54) is 24.3 Å². The molecule has 1 N–H and O–H groups in total. The summed E-state index contributed by atoms with van der Waals surface area (Å²) in [4.78, 5) is 12.5. The molecule has 0 unspecified atom stereocenters. The van der Waals surface area contributed by atoms with Crippen molar-refractivity contribution in [2.75, 3.05) is 11.9 Å². The predicted octanol–water partition coefficient (Wildman–Crippen LogP) is 4.61. The number of carbonyl (C=O) groups is 1. The van der Waals surface area contributed by atoms with Gasteiger partial charge in [-0.05, 0) is 76.9 Å². The molecule has 0 aromatic heterocycles. The maximum absolute atomic E-state index is 12.6. The molecule has 3 aromatic carbocycles. The van der Waals surface area contributed by atoms with Gasteiger partial charge in [-0.3, -0.25) is 4.79 Å². The highest BCUT2D eigenvalue weighted by Crippen LogP contribution is 2.24. The number of benzene rings is 3. The minimum absolute atomic E-state index is 0.166. The Kier molecular flexibility index (Phi) is 6.16. The standard InChI is InChI=1S/C21H18BrNO4S/c1-15-7-12-20(19(22)13-15)23-21(24)14-27-16-8-10-18(11-9-16)28(25,26)17-5-3-2-4-6-17/h2-13H,14H2,1H3,(H,23,24). The lowest BCUT2D eigenvalue weighted by molar-refractivity contribution is -0.118. The first-order valence-corrected chi connectivity index (χ1v) is 10.7. The third-order valence-electron chi connectivity index (χ3n) is 3.96. The molecule has 0 aliphatic carbocycles. The van der Waals surface area contributed by atoms with Crippen molar-refractivity contribution in [1.82, 2.24) is 0 Å². The van der Waals surface area contributed by atoms with Crippen LogP contribution in [-0.2, 0) is 14.6 Å². The molecule has 0 heterocycles. The zero-order valence-electron chi connectivity index (χ0n) is 15.1. The lowest BCUT2D eigenvalue weighted by Crippen LogP contribution is -2.20. The molecule has 0 radical (unpaired) electrons. The number of sulfone groups is 1. The van der Waals surface area contributed by atoms with Gasteiger partial charge in [-0.15, -0.1) is 0 Å². The summed E-state index contributed by atoms with van der Waals surface area (Å²) in [6, 6.07) is 19.8. The van der Waals surface area contributed by atoms with Gasteiger partial charge in [-0.1, -0.05) is 24.3 Å². The van der Waals surface area contributed by atoms with Gasteiger partial charge in [-0.25, -0.2) is 8.42 Å². The Morgan fingerprint density at radius 3 is 2.25 bits per heavy atom. The number of hydrogen-bond acceptors (Lipinski definition) is 4. The van der Waals surface area contributed by atoms with Crippen LogP contribution in [0.15, 0.2) is 87.1 Å². The Balaban J connectivity index is 1.62. The average Bonchev–Trinajstić information content (AvgIpc) is 2.69. The molecule has 0 aliphatic heterocycles. The van der Waals surface area contributed by atoms with Gasteiger partial charge in [0, 0.05) is 4.47 Å². The van der Waals surface area contributed by atoms with E-state index in [2.05, 4.69) is 21.2 Å². The van der Waals surface area contributed by atoms with Crippen LogP contribution in [-0.4, -0.2) is 20.9 Å². The third-order valence-corrected chi connectivity index (χ3v) is 6.40. The summed E-state index contributed by atoms with van der Waals surface area (Å²) in [6.45, 7) is 1.77. The zero-order valence-corrected chi connectivity index (χ0v) is 17.5. The van der Waals surface area contributed by atoms with E-state index in [-0.39, 0.29) is 22.3 Å². The number of rotatable bonds is 6. The topological polar surface area (TPSA) is 72.5 Å². The minimum Gasteiger partial charge on any atom is -0.484 e. The van der Waals surface area contributed by atoms with Gasteiger partial charge in [0.15, 0.2) is 6.61 Å². The predicted molar refractivity (Wildman–Crippen MR) is 111 cm³/mol. The van der Waals surface area contributed by atoms with Crippen LogP contribution >= 0.6 is 15.9 Å². The van der Waals surface area contributed by atoms with Gasteiger partial charge < -0.3 is 10.1 Å². The fraction of sp³-hybridized carbons (Fsp3) is 0.0952. The molecule has 0 spiro atoms. The summed E-state index contributed by atoms with van der Waals surface area (Å²) in [5.41, 5.74) is 1.73. The quantitative estimate of drug-likeness (QED) is 0.583. The molecule has 0 atom stereocenters. The molecule has 144 valence electrons. The number of halogens is 1. The van der Waals surface area contributed by atoms with Crippen molar-refractivity contribution in [2.24, 2.45) is 0 Å². The highest BCUT2D eigenvalue weighted by Gasteiger charge is 2.17. The van der Waals surface area contributed by atoms with Crippen molar-refractivity contribution >= 4 is 37.4 Å². The molecule has 0 saturated carbocycles. The third kappa shape index (κ3) is 4.79. The highest BCUT2D eigenvalue weighted by molar-refractivity contribution is 9.10. The lowest BCUT2D eigenvalue weighted by atomic mass is 10.2. The van der Waals surface area contributed by atoms with Crippen LogP contribution in [0.3, 0.4) is 0 Å². The second-order valence-electron chi connectivity index (χ2n) is 6.11. The molecule has 0 aliphatic rings. The average molecular weight is 460 g/mol. The molecule has 0 saturated heterocycles.